The van der Waals surface area contributed by atoms with Crippen LogP contribution < -0.4 is 10.6 Å². The smallest absolute Gasteiger partial charge is 0.334 e. The van der Waals surface area contributed by atoms with Crippen LogP contribution in [0.3, 0.4) is 0 Å². The first kappa shape index (κ1) is 15.0. The van der Waals surface area contributed by atoms with E-state index in [1.165, 1.54) is 7.11 Å². The summed E-state index contributed by atoms with van der Waals surface area (Å²) < 4.78 is 4.66. The van der Waals surface area contributed by atoms with Crippen LogP contribution in [0.15, 0.2) is 0 Å². The van der Waals surface area contributed by atoms with Crippen LogP contribution in [0.5, 0.6) is 0 Å². The molecule has 0 heterocycles. The zero-order chi connectivity index (χ0) is 12.6. The summed E-state index contributed by atoms with van der Waals surface area (Å²) in [6, 6.07) is -0.385. The fourth-order valence-corrected chi connectivity index (χ4v) is 1.09. The number of aliphatic carboxylic acids is 1. The van der Waals surface area contributed by atoms with E-state index in [0.717, 1.165) is 0 Å². The quantitative estimate of drug-likeness (QED) is 0.598. The molecule has 0 bridgehead atoms. The van der Waals surface area contributed by atoms with E-state index in [9.17, 15) is 9.59 Å². The number of rotatable bonds is 7. The van der Waals surface area contributed by atoms with Crippen LogP contribution in [0.2, 0.25) is 0 Å². The van der Waals surface area contributed by atoms with Crippen molar-refractivity contribution in [3.8, 4) is 0 Å². The molecular weight excluding hydrogens is 232 g/mol. The normalized spacial score (nSPS) is 13.9. The number of amides is 2. The van der Waals surface area contributed by atoms with Crippen molar-refractivity contribution in [2.45, 2.75) is 18.3 Å². The number of carboxylic acid groups (broad SMARTS) is 1. The Balaban J connectivity index is 3.76. The number of carboxylic acids is 1. The first-order chi connectivity index (χ1) is 7.51. The fourth-order valence-electron chi connectivity index (χ4n) is 0.839. The maximum absolute atomic E-state index is 11.2. The maximum atomic E-state index is 11.2. The van der Waals surface area contributed by atoms with E-state index in [1.807, 2.05) is 13.2 Å². The molecule has 0 saturated heterocycles. The second-order valence-corrected chi connectivity index (χ2v) is 4.48. The Morgan fingerprint density at radius 2 is 1.94 bits per heavy atom. The number of hydrogen-bond donors (Lipinski definition) is 3. The Labute approximate surface area is 99.1 Å². The average molecular weight is 250 g/mol. The lowest BCUT2D eigenvalue weighted by molar-refractivity contribution is -0.147. The minimum absolute atomic E-state index is 0.0503. The van der Waals surface area contributed by atoms with E-state index >= 15 is 0 Å². The van der Waals surface area contributed by atoms with Gasteiger partial charge in [-0.2, -0.15) is 11.8 Å². The number of methoxy groups -OCH3 is 1. The molecule has 16 heavy (non-hydrogen) atoms. The van der Waals surface area contributed by atoms with Gasteiger partial charge in [0.05, 0.1) is 6.54 Å². The molecule has 2 amide bonds. The van der Waals surface area contributed by atoms with Gasteiger partial charge in [-0.1, -0.05) is 6.92 Å². The van der Waals surface area contributed by atoms with Crippen molar-refractivity contribution >= 4 is 23.8 Å². The molecule has 0 aliphatic carbocycles. The van der Waals surface area contributed by atoms with Gasteiger partial charge in [-0.3, -0.25) is 0 Å². The second-order valence-electron chi connectivity index (χ2n) is 3.20. The molecule has 0 aliphatic heterocycles. The van der Waals surface area contributed by atoms with E-state index in [-0.39, 0.29) is 12.6 Å². The largest absolute Gasteiger partial charge is 0.479 e. The van der Waals surface area contributed by atoms with Crippen LogP contribution >= 0.6 is 11.8 Å². The Hall–Kier alpha value is -0.950. The summed E-state index contributed by atoms with van der Waals surface area (Å²) >= 11 is 1.64. The topological polar surface area (TPSA) is 87.7 Å². The molecule has 0 aromatic heterocycles. The first-order valence-electron chi connectivity index (χ1n) is 4.81. The van der Waals surface area contributed by atoms with Crippen LogP contribution in [-0.2, 0) is 9.53 Å². The zero-order valence-electron chi connectivity index (χ0n) is 9.65. The molecule has 0 rings (SSSR count). The Bertz CT molecular complexity index is 238. The lowest BCUT2D eigenvalue weighted by Crippen LogP contribution is -2.44. The van der Waals surface area contributed by atoms with Gasteiger partial charge < -0.3 is 20.5 Å². The van der Waals surface area contributed by atoms with Gasteiger partial charge in [0.25, 0.3) is 0 Å². The summed E-state index contributed by atoms with van der Waals surface area (Å²) in [6.07, 6.45) is 0.944. The molecule has 0 radical (unpaired) electrons. The predicted octanol–water partition coefficient (Wildman–Crippen LogP) is 0.137. The Morgan fingerprint density at radius 3 is 2.38 bits per heavy atom. The molecule has 0 aromatic rings. The predicted molar refractivity (Wildman–Crippen MR) is 62.8 cm³/mol. The molecule has 0 saturated carbocycles. The van der Waals surface area contributed by atoms with Crippen LogP contribution in [0.1, 0.15) is 6.92 Å². The summed E-state index contributed by atoms with van der Waals surface area (Å²) in [7, 11) is 1.29. The highest BCUT2D eigenvalue weighted by atomic mass is 32.2. The van der Waals surface area contributed by atoms with Crippen molar-refractivity contribution in [2.75, 3.05) is 26.5 Å². The number of thioether (sulfide) groups is 1. The molecule has 7 heteroatoms. The monoisotopic (exact) mass is 250 g/mol. The van der Waals surface area contributed by atoms with E-state index in [1.54, 1.807) is 11.8 Å². The van der Waals surface area contributed by atoms with Crippen LogP contribution in [-0.4, -0.2) is 54.9 Å². The average Bonchev–Trinajstić information content (AvgIpc) is 2.26. The number of nitrogens with one attached hydrogen (secondary N) is 2. The molecular formula is C9H18N2O4S. The van der Waals surface area contributed by atoms with Gasteiger partial charge in [0, 0.05) is 18.9 Å². The van der Waals surface area contributed by atoms with Crippen molar-refractivity contribution < 1.29 is 19.4 Å². The molecule has 0 spiro atoms. The number of carbonyl (C=O) groups is 2. The van der Waals surface area contributed by atoms with Gasteiger partial charge in [0.2, 0.25) is 0 Å². The highest BCUT2D eigenvalue weighted by Gasteiger charge is 2.16. The third kappa shape index (κ3) is 6.52. The van der Waals surface area contributed by atoms with Crippen LogP contribution in [0.25, 0.3) is 0 Å². The van der Waals surface area contributed by atoms with E-state index in [2.05, 4.69) is 15.4 Å². The first-order valence-corrected chi connectivity index (χ1v) is 6.10. The second kappa shape index (κ2) is 8.23. The molecule has 2 atom stereocenters. The molecule has 0 fully saturated rings. The fraction of sp³-hybridized carbons (Fsp3) is 0.778. The summed E-state index contributed by atoms with van der Waals surface area (Å²) in [4.78, 5) is 21.8. The van der Waals surface area contributed by atoms with E-state index in [0.29, 0.717) is 11.8 Å². The zero-order valence-corrected chi connectivity index (χ0v) is 10.5. The summed E-state index contributed by atoms with van der Waals surface area (Å²) in [6.45, 7) is 2.48. The van der Waals surface area contributed by atoms with Crippen molar-refractivity contribution in [2.24, 2.45) is 0 Å². The highest BCUT2D eigenvalue weighted by Crippen LogP contribution is 2.01. The summed E-state index contributed by atoms with van der Waals surface area (Å²) in [5.41, 5.74) is 0. The van der Waals surface area contributed by atoms with Crippen molar-refractivity contribution in [1.29, 1.82) is 0 Å². The van der Waals surface area contributed by atoms with Crippen molar-refractivity contribution in [1.82, 2.24) is 10.6 Å². The van der Waals surface area contributed by atoms with Gasteiger partial charge >= 0.3 is 12.0 Å². The number of urea groups is 1. The Morgan fingerprint density at radius 1 is 1.38 bits per heavy atom. The lowest BCUT2D eigenvalue weighted by Gasteiger charge is -2.13. The summed E-state index contributed by atoms with van der Waals surface area (Å²) in [5.74, 6) is -1.10. The SMILES string of the molecule is COC(CNC(=O)NCC(C)SC)C(=O)O. The maximum Gasteiger partial charge on any atom is 0.334 e. The van der Waals surface area contributed by atoms with Crippen molar-refractivity contribution in [3.05, 3.63) is 0 Å². The van der Waals surface area contributed by atoms with Gasteiger partial charge in [-0.05, 0) is 6.26 Å². The van der Waals surface area contributed by atoms with E-state index in [4.69, 9.17) is 5.11 Å². The number of carbonyl (C=O) groups excluding carboxylic acids is 1. The third-order valence-corrected chi connectivity index (χ3v) is 2.93. The molecule has 0 aromatic carbocycles. The summed E-state index contributed by atoms with van der Waals surface area (Å²) in [5, 5.41) is 14.0. The minimum Gasteiger partial charge on any atom is -0.479 e. The van der Waals surface area contributed by atoms with Gasteiger partial charge in [0.1, 0.15) is 0 Å². The van der Waals surface area contributed by atoms with Crippen molar-refractivity contribution in [3.63, 3.8) is 0 Å². The molecule has 2 unspecified atom stereocenters. The van der Waals surface area contributed by atoms with Gasteiger partial charge in [-0.25, -0.2) is 9.59 Å². The Kier molecular flexibility index (Phi) is 7.74. The van der Waals surface area contributed by atoms with Gasteiger partial charge in [-0.15, -0.1) is 0 Å². The number of hydrogen-bond acceptors (Lipinski definition) is 4. The molecule has 3 N–H and O–H groups in total. The minimum atomic E-state index is -1.10. The van der Waals surface area contributed by atoms with E-state index < -0.39 is 12.1 Å². The molecule has 94 valence electrons. The molecule has 0 aliphatic rings. The standard InChI is InChI=1S/C9H18N2O4S/c1-6(16-3)4-10-9(14)11-5-7(15-2)8(12)13/h6-7H,4-5H2,1-3H3,(H,12,13)(H2,10,11,14). The van der Waals surface area contributed by atoms with Gasteiger partial charge in [0.15, 0.2) is 6.10 Å². The number of ether oxygens (including phenoxy) is 1. The molecule has 6 nitrogen and oxygen atoms in total. The van der Waals surface area contributed by atoms with Crippen LogP contribution in [0, 0.1) is 0 Å². The highest BCUT2D eigenvalue weighted by molar-refractivity contribution is 7.99. The lowest BCUT2D eigenvalue weighted by atomic mass is 10.3. The third-order valence-electron chi connectivity index (χ3n) is 1.96. The van der Waals surface area contributed by atoms with Crippen LogP contribution in [0.4, 0.5) is 4.79 Å².